The van der Waals surface area contributed by atoms with Crippen molar-refractivity contribution < 1.29 is 9.53 Å². The fourth-order valence-corrected chi connectivity index (χ4v) is 3.60. The Morgan fingerprint density at radius 3 is 2.73 bits per heavy atom. The monoisotopic (exact) mass is 313 g/mol. The summed E-state index contributed by atoms with van der Waals surface area (Å²) in [6.07, 6.45) is 0.983. The van der Waals surface area contributed by atoms with Gasteiger partial charge in [-0.15, -0.1) is 11.8 Å². The third-order valence-corrected chi connectivity index (χ3v) is 4.89. The topological polar surface area (TPSA) is 29.5 Å². The molecule has 3 nitrogen and oxygen atoms in total. The van der Waals surface area contributed by atoms with Crippen LogP contribution < -0.4 is 9.64 Å². The molecule has 3 rings (SSSR count). The average molecular weight is 313 g/mol. The Hall–Kier alpha value is -1.94. The van der Waals surface area contributed by atoms with Crippen molar-refractivity contribution in [1.82, 2.24) is 0 Å². The van der Waals surface area contributed by atoms with Gasteiger partial charge >= 0.3 is 0 Å². The van der Waals surface area contributed by atoms with Crippen LogP contribution in [-0.4, -0.2) is 24.3 Å². The van der Waals surface area contributed by atoms with E-state index >= 15 is 0 Å². The number of amides is 1. The normalized spacial score (nSPS) is 17.5. The number of ether oxygens (including phenoxy) is 1. The van der Waals surface area contributed by atoms with Crippen LogP contribution in [0.1, 0.15) is 13.3 Å². The summed E-state index contributed by atoms with van der Waals surface area (Å²) in [6, 6.07) is 17.6. The second-order valence-electron chi connectivity index (χ2n) is 5.33. The zero-order chi connectivity index (χ0) is 15.4. The highest BCUT2D eigenvalue weighted by Gasteiger charge is 2.24. The van der Waals surface area contributed by atoms with Gasteiger partial charge in [-0.1, -0.05) is 37.3 Å². The van der Waals surface area contributed by atoms with Crippen LogP contribution in [0.15, 0.2) is 59.5 Å². The first-order chi connectivity index (χ1) is 10.7. The van der Waals surface area contributed by atoms with Crippen molar-refractivity contribution in [3.63, 3.8) is 0 Å². The van der Waals surface area contributed by atoms with Crippen molar-refractivity contribution in [2.45, 2.75) is 23.5 Å². The number of hydrogen-bond acceptors (Lipinski definition) is 3. The van der Waals surface area contributed by atoms with Gasteiger partial charge in [0.1, 0.15) is 5.75 Å². The second-order valence-corrected chi connectivity index (χ2v) is 6.81. The van der Waals surface area contributed by atoms with E-state index in [1.54, 1.807) is 0 Å². The average Bonchev–Trinajstić information content (AvgIpc) is 2.72. The Morgan fingerprint density at radius 1 is 1.18 bits per heavy atom. The van der Waals surface area contributed by atoms with Crippen molar-refractivity contribution in [3.05, 3.63) is 54.6 Å². The summed E-state index contributed by atoms with van der Waals surface area (Å²) in [6.45, 7) is 3.01. The van der Waals surface area contributed by atoms with Gasteiger partial charge in [-0.05, 0) is 30.7 Å². The van der Waals surface area contributed by atoms with Gasteiger partial charge < -0.3 is 9.64 Å². The lowest BCUT2D eigenvalue weighted by molar-refractivity contribution is -0.120. The van der Waals surface area contributed by atoms with E-state index in [9.17, 15) is 4.79 Å². The molecule has 1 aliphatic rings. The SMILES string of the molecule is CC1CCN(C(=O)COc2ccccc2)c2ccccc2S1. The van der Waals surface area contributed by atoms with Gasteiger partial charge in [0.15, 0.2) is 6.61 Å². The number of benzene rings is 2. The molecule has 0 aliphatic carbocycles. The summed E-state index contributed by atoms with van der Waals surface area (Å²) < 4.78 is 5.61. The highest BCUT2D eigenvalue weighted by molar-refractivity contribution is 8.00. The van der Waals surface area contributed by atoms with Gasteiger partial charge in [0.2, 0.25) is 0 Å². The molecule has 2 aromatic rings. The van der Waals surface area contributed by atoms with Gasteiger partial charge in [-0.3, -0.25) is 4.79 Å². The van der Waals surface area contributed by atoms with Crippen LogP contribution in [0, 0.1) is 0 Å². The molecule has 0 radical (unpaired) electrons. The van der Waals surface area contributed by atoms with Crippen LogP contribution in [0.2, 0.25) is 0 Å². The van der Waals surface area contributed by atoms with E-state index in [-0.39, 0.29) is 12.5 Å². The zero-order valence-corrected chi connectivity index (χ0v) is 13.4. The number of para-hydroxylation sites is 2. The molecule has 114 valence electrons. The molecule has 4 heteroatoms. The summed E-state index contributed by atoms with van der Waals surface area (Å²) in [7, 11) is 0. The predicted octanol–water partition coefficient (Wildman–Crippen LogP) is 3.98. The summed E-state index contributed by atoms with van der Waals surface area (Å²) in [5, 5.41) is 0.508. The molecule has 1 amide bonds. The van der Waals surface area contributed by atoms with Crippen LogP contribution in [0.4, 0.5) is 5.69 Å². The zero-order valence-electron chi connectivity index (χ0n) is 12.6. The molecule has 0 spiro atoms. The van der Waals surface area contributed by atoms with E-state index in [1.807, 2.05) is 65.2 Å². The summed E-state index contributed by atoms with van der Waals surface area (Å²) in [5.74, 6) is 0.729. The first kappa shape index (κ1) is 15.0. The van der Waals surface area contributed by atoms with E-state index < -0.39 is 0 Å². The lowest BCUT2D eigenvalue weighted by atomic mass is 10.2. The Balaban J connectivity index is 1.74. The predicted molar refractivity (Wildman–Crippen MR) is 90.7 cm³/mol. The van der Waals surface area contributed by atoms with Crippen LogP contribution in [0.3, 0.4) is 0 Å². The van der Waals surface area contributed by atoms with Crippen molar-refractivity contribution >= 4 is 23.4 Å². The first-order valence-corrected chi connectivity index (χ1v) is 8.36. The largest absolute Gasteiger partial charge is 0.484 e. The van der Waals surface area contributed by atoms with Crippen LogP contribution in [-0.2, 0) is 4.79 Å². The van der Waals surface area contributed by atoms with E-state index in [0.717, 1.165) is 24.4 Å². The molecular formula is C18H19NO2S. The van der Waals surface area contributed by atoms with Gasteiger partial charge in [-0.2, -0.15) is 0 Å². The Labute approximate surface area is 135 Å². The molecule has 0 saturated carbocycles. The van der Waals surface area contributed by atoms with Gasteiger partial charge in [-0.25, -0.2) is 0 Å². The second kappa shape index (κ2) is 6.88. The van der Waals surface area contributed by atoms with E-state index in [2.05, 4.69) is 13.0 Å². The van der Waals surface area contributed by atoms with E-state index in [0.29, 0.717) is 5.25 Å². The third kappa shape index (κ3) is 3.45. The molecule has 1 unspecified atom stereocenters. The lowest BCUT2D eigenvalue weighted by Crippen LogP contribution is -2.36. The summed E-state index contributed by atoms with van der Waals surface area (Å²) in [5.41, 5.74) is 0.999. The Bertz CT molecular complexity index is 645. The third-order valence-electron chi connectivity index (χ3n) is 3.65. The van der Waals surface area contributed by atoms with Crippen molar-refractivity contribution in [2.75, 3.05) is 18.1 Å². The number of carbonyl (C=O) groups excluding carboxylic acids is 1. The molecule has 0 bridgehead atoms. The Morgan fingerprint density at radius 2 is 1.91 bits per heavy atom. The number of fused-ring (bicyclic) bond motifs is 1. The lowest BCUT2D eigenvalue weighted by Gasteiger charge is -2.22. The quantitative estimate of drug-likeness (QED) is 0.858. The number of rotatable bonds is 3. The first-order valence-electron chi connectivity index (χ1n) is 7.48. The standard InChI is InChI=1S/C18H19NO2S/c1-14-11-12-19(16-9-5-6-10-17(16)22-14)18(20)13-21-15-7-3-2-4-8-15/h2-10,14H,11-13H2,1H3. The minimum atomic E-state index is 0.00556. The van der Waals surface area contributed by atoms with Crippen LogP contribution >= 0.6 is 11.8 Å². The molecule has 0 fully saturated rings. The fourth-order valence-electron chi connectivity index (χ4n) is 2.49. The van der Waals surface area contributed by atoms with Crippen molar-refractivity contribution in [1.29, 1.82) is 0 Å². The highest BCUT2D eigenvalue weighted by atomic mass is 32.2. The minimum Gasteiger partial charge on any atom is -0.484 e. The maximum atomic E-state index is 12.6. The van der Waals surface area contributed by atoms with Gasteiger partial charge in [0.05, 0.1) is 5.69 Å². The molecular weight excluding hydrogens is 294 g/mol. The maximum absolute atomic E-state index is 12.6. The van der Waals surface area contributed by atoms with Crippen molar-refractivity contribution in [2.24, 2.45) is 0 Å². The molecule has 1 atom stereocenters. The number of hydrogen-bond donors (Lipinski definition) is 0. The van der Waals surface area contributed by atoms with Crippen LogP contribution in [0.5, 0.6) is 5.75 Å². The maximum Gasteiger partial charge on any atom is 0.264 e. The molecule has 2 aromatic carbocycles. The minimum absolute atomic E-state index is 0.00556. The highest BCUT2D eigenvalue weighted by Crippen LogP contribution is 2.37. The van der Waals surface area contributed by atoms with E-state index in [1.165, 1.54) is 4.90 Å². The van der Waals surface area contributed by atoms with Gasteiger partial charge in [0.25, 0.3) is 5.91 Å². The molecule has 22 heavy (non-hydrogen) atoms. The van der Waals surface area contributed by atoms with Gasteiger partial charge in [0, 0.05) is 16.7 Å². The number of anilines is 1. The van der Waals surface area contributed by atoms with E-state index in [4.69, 9.17) is 4.74 Å². The fraction of sp³-hybridized carbons (Fsp3) is 0.278. The molecule has 0 aromatic heterocycles. The summed E-state index contributed by atoms with van der Waals surface area (Å²) in [4.78, 5) is 15.6. The smallest absolute Gasteiger partial charge is 0.264 e. The molecule has 1 aliphatic heterocycles. The number of nitrogens with zero attached hydrogens (tertiary/aromatic N) is 1. The number of thioether (sulfide) groups is 1. The van der Waals surface area contributed by atoms with Crippen molar-refractivity contribution in [3.8, 4) is 5.75 Å². The Kier molecular flexibility index (Phi) is 4.68. The van der Waals surface area contributed by atoms with Crippen LogP contribution in [0.25, 0.3) is 0 Å². The molecule has 1 heterocycles. The molecule has 0 N–H and O–H groups in total. The summed E-state index contributed by atoms with van der Waals surface area (Å²) >= 11 is 1.83. The molecule has 0 saturated heterocycles. The number of carbonyl (C=O) groups is 1.